The van der Waals surface area contributed by atoms with Crippen LogP contribution in [0.5, 0.6) is 0 Å². The first-order valence-electron chi connectivity index (χ1n) is 4.61. The summed E-state index contributed by atoms with van der Waals surface area (Å²) in [4.78, 5) is 0. The van der Waals surface area contributed by atoms with E-state index in [0.717, 1.165) is 5.56 Å². The fraction of sp³-hybridized carbons (Fsp3) is 0.0769. The summed E-state index contributed by atoms with van der Waals surface area (Å²) in [5.41, 5.74) is 1.09. The highest BCUT2D eigenvalue weighted by Crippen LogP contribution is 1.98. The van der Waals surface area contributed by atoms with Gasteiger partial charge >= 0.3 is 0 Å². The molecule has 2 heteroatoms. The lowest BCUT2D eigenvalue weighted by atomic mass is 10.2. The number of halogens is 2. The van der Waals surface area contributed by atoms with E-state index in [0.29, 0.717) is 0 Å². The van der Waals surface area contributed by atoms with E-state index < -0.39 is 0 Å². The van der Waals surface area contributed by atoms with Crippen molar-refractivity contribution in [1.29, 1.82) is 0 Å². The Hall–Kier alpha value is -1.70. The minimum Gasteiger partial charge on any atom is -0.207 e. The summed E-state index contributed by atoms with van der Waals surface area (Å²) in [6, 6.07) is 14.3. The van der Waals surface area contributed by atoms with Gasteiger partial charge in [-0.2, -0.15) is 0 Å². The SMILES string of the molecule is Cc1ccc(F)cc1.Fc1ccccc1. The number of hydrogen-bond acceptors (Lipinski definition) is 0. The summed E-state index contributed by atoms with van der Waals surface area (Å²) in [6.45, 7) is 1.93. The maximum Gasteiger partial charge on any atom is 0.123 e. The maximum atomic E-state index is 12.1. The van der Waals surface area contributed by atoms with Crippen LogP contribution in [-0.2, 0) is 0 Å². The predicted octanol–water partition coefficient (Wildman–Crippen LogP) is 3.96. The van der Waals surface area contributed by atoms with Gasteiger partial charge in [0.15, 0.2) is 0 Å². The molecule has 0 bridgehead atoms. The van der Waals surface area contributed by atoms with Gasteiger partial charge in [0, 0.05) is 0 Å². The second kappa shape index (κ2) is 5.91. The summed E-state index contributed by atoms with van der Waals surface area (Å²) in [5, 5.41) is 0. The van der Waals surface area contributed by atoms with Crippen molar-refractivity contribution in [3.63, 3.8) is 0 Å². The van der Waals surface area contributed by atoms with Crippen molar-refractivity contribution in [2.24, 2.45) is 0 Å². The zero-order valence-corrected chi connectivity index (χ0v) is 8.45. The lowest BCUT2D eigenvalue weighted by Crippen LogP contribution is -1.71. The molecule has 2 aromatic carbocycles. The van der Waals surface area contributed by atoms with Crippen molar-refractivity contribution in [3.8, 4) is 0 Å². The van der Waals surface area contributed by atoms with E-state index in [2.05, 4.69) is 0 Å². The molecule has 2 aromatic rings. The van der Waals surface area contributed by atoms with E-state index in [4.69, 9.17) is 0 Å². The Morgan fingerprint density at radius 2 is 1.13 bits per heavy atom. The highest BCUT2D eigenvalue weighted by molar-refractivity contribution is 5.13. The molecule has 0 spiro atoms. The highest BCUT2D eigenvalue weighted by Gasteiger charge is 1.83. The highest BCUT2D eigenvalue weighted by atomic mass is 19.1. The van der Waals surface area contributed by atoms with Crippen LogP contribution in [0.2, 0.25) is 0 Å². The Morgan fingerprint density at radius 1 is 0.667 bits per heavy atom. The minimum absolute atomic E-state index is 0.171. The number of hydrogen-bond donors (Lipinski definition) is 0. The molecule has 0 heterocycles. The first kappa shape index (κ1) is 11.4. The van der Waals surface area contributed by atoms with E-state index in [1.165, 1.54) is 24.3 Å². The molecule has 0 nitrogen and oxygen atoms in total. The van der Waals surface area contributed by atoms with Crippen LogP contribution in [0.15, 0.2) is 54.6 Å². The molecule has 0 aromatic heterocycles. The van der Waals surface area contributed by atoms with Crippen LogP contribution in [0.1, 0.15) is 5.56 Å². The van der Waals surface area contributed by atoms with Gasteiger partial charge in [0.25, 0.3) is 0 Å². The second-order valence-corrected chi connectivity index (χ2v) is 3.09. The summed E-state index contributed by atoms with van der Waals surface area (Å²) >= 11 is 0. The number of aryl methyl sites for hydroxylation is 1. The normalized spacial score (nSPS) is 9.00. The molecule has 0 radical (unpaired) electrons. The molecule has 0 amide bonds. The molecule has 0 saturated carbocycles. The smallest absolute Gasteiger partial charge is 0.123 e. The molecule has 0 aliphatic heterocycles. The topological polar surface area (TPSA) is 0 Å². The van der Waals surface area contributed by atoms with E-state index in [1.54, 1.807) is 30.3 Å². The average molecular weight is 206 g/mol. The molecule has 0 atom stereocenters. The van der Waals surface area contributed by atoms with Gasteiger partial charge in [-0.05, 0) is 31.2 Å². The van der Waals surface area contributed by atoms with Gasteiger partial charge in [-0.15, -0.1) is 0 Å². The van der Waals surface area contributed by atoms with Crippen molar-refractivity contribution in [1.82, 2.24) is 0 Å². The van der Waals surface area contributed by atoms with Gasteiger partial charge in [0.2, 0.25) is 0 Å². The molecule has 0 N–H and O–H groups in total. The molecule has 78 valence electrons. The van der Waals surface area contributed by atoms with Crippen LogP contribution >= 0.6 is 0 Å². The molecule has 0 unspecified atom stereocenters. The quantitative estimate of drug-likeness (QED) is 0.612. The first-order chi connectivity index (χ1) is 7.18. The third kappa shape index (κ3) is 4.91. The Kier molecular flexibility index (Phi) is 4.48. The Morgan fingerprint density at radius 3 is 1.47 bits per heavy atom. The van der Waals surface area contributed by atoms with Crippen molar-refractivity contribution in [3.05, 3.63) is 71.8 Å². The Balaban J connectivity index is 0.000000151. The van der Waals surface area contributed by atoms with Crippen molar-refractivity contribution in [2.75, 3.05) is 0 Å². The molecule has 15 heavy (non-hydrogen) atoms. The Bertz CT molecular complexity index is 358. The lowest BCUT2D eigenvalue weighted by molar-refractivity contribution is 0.627. The largest absolute Gasteiger partial charge is 0.207 e. The molecule has 2 rings (SSSR count). The van der Waals surface area contributed by atoms with Crippen LogP contribution in [0.25, 0.3) is 0 Å². The summed E-state index contributed by atoms with van der Waals surface area (Å²) < 4.78 is 24.0. The monoisotopic (exact) mass is 206 g/mol. The van der Waals surface area contributed by atoms with E-state index in [-0.39, 0.29) is 11.6 Å². The van der Waals surface area contributed by atoms with E-state index in [9.17, 15) is 8.78 Å². The predicted molar refractivity (Wildman–Crippen MR) is 57.5 cm³/mol. The first-order valence-corrected chi connectivity index (χ1v) is 4.61. The molecule has 0 fully saturated rings. The molecule has 0 saturated heterocycles. The molecular weight excluding hydrogens is 194 g/mol. The van der Waals surface area contributed by atoms with Crippen LogP contribution < -0.4 is 0 Å². The van der Waals surface area contributed by atoms with E-state index >= 15 is 0 Å². The minimum atomic E-state index is -0.178. The summed E-state index contributed by atoms with van der Waals surface area (Å²) in [6.07, 6.45) is 0. The third-order valence-electron chi connectivity index (χ3n) is 1.74. The van der Waals surface area contributed by atoms with E-state index in [1.807, 2.05) is 6.92 Å². The summed E-state index contributed by atoms with van der Waals surface area (Å²) in [5.74, 6) is -0.349. The molecule has 0 aliphatic rings. The molecular formula is C13H12F2. The fourth-order valence-electron chi connectivity index (χ4n) is 0.948. The van der Waals surface area contributed by atoms with Crippen LogP contribution in [0, 0.1) is 18.6 Å². The second-order valence-electron chi connectivity index (χ2n) is 3.09. The van der Waals surface area contributed by atoms with Crippen LogP contribution in [0.4, 0.5) is 8.78 Å². The summed E-state index contributed by atoms with van der Waals surface area (Å²) in [7, 11) is 0. The number of rotatable bonds is 0. The van der Waals surface area contributed by atoms with Gasteiger partial charge in [0.1, 0.15) is 11.6 Å². The number of benzene rings is 2. The van der Waals surface area contributed by atoms with Gasteiger partial charge < -0.3 is 0 Å². The fourth-order valence-corrected chi connectivity index (χ4v) is 0.948. The van der Waals surface area contributed by atoms with Gasteiger partial charge in [0.05, 0.1) is 0 Å². The zero-order valence-electron chi connectivity index (χ0n) is 8.45. The Labute approximate surface area is 88.2 Å². The standard InChI is InChI=1S/C7H7F.C6H5F/c1-6-2-4-7(8)5-3-6;7-6-4-2-1-3-5-6/h2-5H,1H3;1-5H. The molecule has 0 aliphatic carbocycles. The maximum absolute atomic E-state index is 12.1. The van der Waals surface area contributed by atoms with Gasteiger partial charge in [-0.1, -0.05) is 35.9 Å². The zero-order chi connectivity index (χ0) is 11.1. The van der Waals surface area contributed by atoms with Gasteiger partial charge in [-0.25, -0.2) is 8.78 Å². The average Bonchev–Trinajstić information content (AvgIpc) is 2.25. The van der Waals surface area contributed by atoms with Crippen molar-refractivity contribution in [2.45, 2.75) is 6.92 Å². The van der Waals surface area contributed by atoms with Gasteiger partial charge in [-0.3, -0.25) is 0 Å². The van der Waals surface area contributed by atoms with Crippen LogP contribution in [-0.4, -0.2) is 0 Å². The van der Waals surface area contributed by atoms with Crippen LogP contribution in [0.3, 0.4) is 0 Å². The third-order valence-corrected chi connectivity index (χ3v) is 1.74. The van der Waals surface area contributed by atoms with Crippen molar-refractivity contribution >= 4 is 0 Å². The van der Waals surface area contributed by atoms with Crippen molar-refractivity contribution < 1.29 is 8.78 Å². The lowest BCUT2D eigenvalue weighted by Gasteiger charge is -1.87.